The minimum atomic E-state index is 0.263. The van der Waals surface area contributed by atoms with Crippen LogP contribution in [0.15, 0.2) is 30.7 Å². The van der Waals surface area contributed by atoms with Crippen molar-refractivity contribution in [2.45, 2.75) is 0 Å². The summed E-state index contributed by atoms with van der Waals surface area (Å²) in [6, 6.07) is 5.62. The minimum absolute atomic E-state index is 0.263. The monoisotopic (exact) mass is 267 g/mol. The van der Waals surface area contributed by atoms with Gasteiger partial charge in [0.25, 0.3) is 0 Å². The van der Waals surface area contributed by atoms with Crippen molar-refractivity contribution in [3.8, 4) is 0 Å². The Morgan fingerprint density at radius 3 is 3.00 bits per heavy atom. The fourth-order valence-electron chi connectivity index (χ4n) is 2.16. The molecule has 3 aromatic rings. The lowest BCUT2D eigenvalue weighted by atomic mass is 10.00. The van der Waals surface area contributed by atoms with Gasteiger partial charge in [-0.2, -0.15) is 5.10 Å². The van der Waals surface area contributed by atoms with Crippen molar-refractivity contribution in [2.75, 3.05) is 18.1 Å². The number of aromatic amines is 1. The zero-order chi connectivity index (χ0) is 14.1. The topological polar surface area (TPSA) is 116 Å². The van der Waals surface area contributed by atoms with Crippen molar-refractivity contribution in [3.63, 3.8) is 0 Å². The minimum Gasteiger partial charge on any atom is -0.383 e. The Morgan fingerprint density at radius 1 is 1.35 bits per heavy atom. The SMILES string of the molecule is CNc1ncnc(N)c1C(=N)c1cccc2[nH]ncc12. The molecule has 100 valence electrons. The van der Waals surface area contributed by atoms with E-state index in [0.29, 0.717) is 11.4 Å². The largest absolute Gasteiger partial charge is 0.383 e. The number of nitrogens with two attached hydrogens (primary N) is 1. The van der Waals surface area contributed by atoms with Gasteiger partial charge < -0.3 is 11.1 Å². The average molecular weight is 267 g/mol. The smallest absolute Gasteiger partial charge is 0.140 e. The van der Waals surface area contributed by atoms with Gasteiger partial charge in [-0.25, -0.2) is 9.97 Å². The van der Waals surface area contributed by atoms with E-state index in [0.717, 1.165) is 16.5 Å². The summed E-state index contributed by atoms with van der Waals surface area (Å²) < 4.78 is 0. The Labute approximate surface area is 114 Å². The highest BCUT2D eigenvalue weighted by atomic mass is 15.1. The number of fused-ring (bicyclic) bond motifs is 1. The number of aromatic nitrogens is 4. The summed E-state index contributed by atoms with van der Waals surface area (Å²) in [5.41, 5.74) is 8.25. The van der Waals surface area contributed by atoms with Crippen molar-refractivity contribution in [1.29, 1.82) is 5.41 Å². The number of nitrogens with zero attached hydrogens (tertiary/aromatic N) is 3. The Balaban J connectivity index is 2.21. The van der Waals surface area contributed by atoms with Crippen LogP contribution in [0.5, 0.6) is 0 Å². The molecule has 0 atom stereocenters. The number of rotatable bonds is 3. The quantitative estimate of drug-likeness (QED) is 0.535. The molecule has 0 saturated heterocycles. The first kappa shape index (κ1) is 12.1. The Morgan fingerprint density at radius 2 is 2.20 bits per heavy atom. The fraction of sp³-hybridized carbons (Fsp3) is 0.0769. The molecular weight excluding hydrogens is 254 g/mol. The molecule has 0 bridgehead atoms. The average Bonchev–Trinajstić information content (AvgIpc) is 2.94. The second kappa shape index (κ2) is 4.61. The lowest BCUT2D eigenvalue weighted by Crippen LogP contribution is -2.12. The lowest BCUT2D eigenvalue weighted by molar-refractivity contribution is 1.12. The number of nitrogens with one attached hydrogen (secondary N) is 3. The molecule has 2 heterocycles. The van der Waals surface area contributed by atoms with E-state index in [4.69, 9.17) is 11.1 Å². The molecule has 7 heteroatoms. The van der Waals surface area contributed by atoms with Crippen LogP contribution in [-0.4, -0.2) is 32.9 Å². The molecule has 5 N–H and O–H groups in total. The molecule has 0 fully saturated rings. The van der Waals surface area contributed by atoms with Crippen LogP contribution in [0.25, 0.3) is 10.9 Å². The molecule has 0 unspecified atom stereocenters. The van der Waals surface area contributed by atoms with E-state index in [1.54, 1.807) is 13.2 Å². The van der Waals surface area contributed by atoms with Gasteiger partial charge in [-0.15, -0.1) is 0 Å². The number of H-pyrrole nitrogens is 1. The molecule has 1 aromatic carbocycles. The summed E-state index contributed by atoms with van der Waals surface area (Å²) in [5.74, 6) is 0.804. The first-order valence-corrected chi connectivity index (χ1v) is 6.02. The van der Waals surface area contributed by atoms with Gasteiger partial charge in [0, 0.05) is 18.0 Å². The van der Waals surface area contributed by atoms with E-state index in [1.165, 1.54) is 6.33 Å². The lowest BCUT2D eigenvalue weighted by Gasteiger charge is -2.11. The second-order valence-electron chi connectivity index (χ2n) is 4.24. The van der Waals surface area contributed by atoms with E-state index < -0.39 is 0 Å². The molecule has 7 nitrogen and oxygen atoms in total. The molecule has 20 heavy (non-hydrogen) atoms. The number of hydrogen-bond acceptors (Lipinski definition) is 6. The zero-order valence-electron chi connectivity index (χ0n) is 10.8. The van der Waals surface area contributed by atoms with Crippen molar-refractivity contribution in [3.05, 3.63) is 41.9 Å². The Bertz CT molecular complexity index is 790. The molecule has 0 aliphatic heterocycles. The summed E-state index contributed by atoms with van der Waals surface area (Å²) in [6.45, 7) is 0. The highest BCUT2D eigenvalue weighted by molar-refractivity contribution is 6.21. The van der Waals surface area contributed by atoms with Gasteiger partial charge in [0.1, 0.15) is 18.0 Å². The van der Waals surface area contributed by atoms with Gasteiger partial charge in [0.2, 0.25) is 0 Å². The summed E-state index contributed by atoms with van der Waals surface area (Å²) in [4.78, 5) is 8.07. The van der Waals surface area contributed by atoms with Crippen molar-refractivity contribution < 1.29 is 0 Å². The van der Waals surface area contributed by atoms with Gasteiger partial charge in [-0.05, 0) is 6.07 Å². The number of anilines is 2. The summed E-state index contributed by atoms with van der Waals surface area (Å²) in [7, 11) is 1.73. The highest BCUT2D eigenvalue weighted by Gasteiger charge is 2.17. The van der Waals surface area contributed by atoms with E-state index in [2.05, 4.69) is 25.5 Å². The van der Waals surface area contributed by atoms with Crippen LogP contribution in [-0.2, 0) is 0 Å². The molecular formula is C13H13N7. The molecule has 0 aliphatic rings. The predicted octanol–water partition coefficient (Wildman–Crippen LogP) is 1.39. The van der Waals surface area contributed by atoms with Crippen LogP contribution < -0.4 is 11.1 Å². The number of benzene rings is 1. The van der Waals surface area contributed by atoms with E-state index in [1.807, 2.05) is 18.2 Å². The molecule has 3 rings (SSSR count). The van der Waals surface area contributed by atoms with Crippen LogP contribution in [0.2, 0.25) is 0 Å². The van der Waals surface area contributed by atoms with E-state index >= 15 is 0 Å². The van der Waals surface area contributed by atoms with Gasteiger partial charge in [0.15, 0.2) is 0 Å². The second-order valence-corrected chi connectivity index (χ2v) is 4.24. The number of hydrogen-bond donors (Lipinski definition) is 4. The molecule has 0 saturated carbocycles. The van der Waals surface area contributed by atoms with Crippen molar-refractivity contribution in [2.24, 2.45) is 0 Å². The maximum atomic E-state index is 8.43. The first-order valence-electron chi connectivity index (χ1n) is 6.02. The molecule has 2 aromatic heterocycles. The predicted molar refractivity (Wildman–Crippen MR) is 78.0 cm³/mol. The van der Waals surface area contributed by atoms with Gasteiger partial charge in [-0.1, -0.05) is 12.1 Å². The highest BCUT2D eigenvalue weighted by Crippen LogP contribution is 2.25. The Kier molecular flexibility index (Phi) is 2.79. The molecule has 0 amide bonds. The summed E-state index contributed by atoms with van der Waals surface area (Å²) in [6.07, 6.45) is 3.06. The Hall–Kier alpha value is -2.96. The molecule has 0 aliphatic carbocycles. The zero-order valence-corrected chi connectivity index (χ0v) is 10.8. The molecule has 0 radical (unpaired) electrons. The van der Waals surface area contributed by atoms with Crippen molar-refractivity contribution in [1.82, 2.24) is 20.2 Å². The standard InChI is InChI=1S/C13H13N7/c1-16-13-10(12(15)17-6-18-13)11(14)7-3-2-4-9-8(7)5-19-20-9/h2-6,14H,1H3,(H,19,20)(H3,15,16,17,18). The maximum Gasteiger partial charge on any atom is 0.140 e. The van der Waals surface area contributed by atoms with E-state index in [-0.39, 0.29) is 11.5 Å². The third kappa shape index (κ3) is 1.76. The summed E-state index contributed by atoms with van der Waals surface area (Å²) in [5, 5.41) is 19.1. The number of nitrogen functional groups attached to an aromatic ring is 1. The maximum absolute atomic E-state index is 8.43. The van der Waals surface area contributed by atoms with Gasteiger partial charge in [-0.3, -0.25) is 10.5 Å². The molecule has 0 spiro atoms. The van der Waals surface area contributed by atoms with Gasteiger partial charge in [0.05, 0.1) is 23.0 Å². The normalized spacial score (nSPS) is 10.7. The van der Waals surface area contributed by atoms with Crippen LogP contribution >= 0.6 is 0 Å². The van der Waals surface area contributed by atoms with Crippen LogP contribution in [0.3, 0.4) is 0 Å². The van der Waals surface area contributed by atoms with E-state index in [9.17, 15) is 0 Å². The van der Waals surface area contributed by atoms with Crippen molar-refractivity contribution >= 4 is 28.3 Å². The third-order valence-corrected chi connectivity index (χ3v) is 3.12. The van der Waals surface area contributed by atoms with Crippen LogP contribution in [0.4, 0.5) is 11.6 Å². The van der Waals surface area contributed by atoms with Crippen LogP contribution in [0, 0.1) is 5.41 Å². The third-order valence-electron chi connectivity index (χ3n) is 3.12. The fourth-order valence-corrected chi connectivity index (χ4v) is 2.16. The van der Waals surface area contributed by atoms with Gasteiger partial charge >= 0.3 is 0 Å². The van der Waals surface area contributed by atoms with Crippen LogP contribution in [0.1, 0.15) is 11.1 Å². The summed E-state index contributed by atoms with van der Waals surface area (Å²) >= 11 is 0. The first-order chi connectivity index (χ1) is 9.72.